The fourth-order valence-corrected chi connectivity index (χ4v) is 3.78. The lowest BCUT2D eigenvalue weighted by atomic mass is 9.99. The lowest BCUT2D eigenvalue weighted by molar-refractivity contribution is 0.0639. The molecule has 5 rings (SSSR count). The van der Waals surface area contributed by atoms with Gasteiger partial charge in [-0.25, -0.2) is 9.97 Å². The van der Waals surface area contributed by atoms with Gasteiger partial charge in [-0.3, -0.25) is 4.79 Å². The average molecular weight is 362 g/mol. The predicted molar refractivity (Wildman–Crippen MR) is 97.4 cm³/mol. The quantitative estimate of drug-likeness (QED) is 0.589. The van der Waals surface area contributed by atoms with E-state index in [0.717, 1.165) is 27.9 Å². The zero-order chi connectivity index (χ0) is 18.5. The Kier molecular flexibility index (Phi) is 3.43. The normalized spacial score (nSPS) is 16.7. The molecule has 1 amide bonds. The maximum Gasteiger partial charge on any atom is 0.292 e. The van der Waals surface area contributed by atoms with Crippen LogP contribution in [0.25, 0.3) is 11.0 Å². The average Bonchev–Trinajstić information content (AvgIpc) is 3.39. The number of carbonyl (C=O) groups excluding carboxylic acids is 1. The molecule has 0 saturated carbocycles. The number of nitrogens with zero attached hydrogens (tertiary/aromatic N) is 3. The van der Waals surface area contributed by atoms with E-state index in [0.29, 0.717) is 24.4 Å². The van der Waals surface area contributed by atoms with E-state index in [9.17, 15) is 4.79 Å². The van der Waals surface area contributed by atoms with Gasteiger partial charge in [-0.05, 0) is 25.5 Å². The van der Waals surface area contributed by atoms with Gasteiger partial charge in [0.15, 0.2) is 6.39 Å². The zero-order valence-corrected chi connectivity index (χ0v) is 15.0. The van der Waals surface area contributed by atoms with Crippen LogP contribution in [0, 0.1) is 13.8 Å². The lowest BCUT2D eigenvalue weighted by Gasteiger charge is -2.33. The van der Waals surface area contributed by atoms with Crippen LogP contribution >= 0.6 is 0 Å². The molecule has 27 heavy (non-hydrogen) atoms. The molecule has 1 aliphatic heterocycles. The second-order valence-electron chi connectivity index (χ2n) is 6.83. The van der Waals surface area contributed by atoms with Crippen LogP contribution in [-0.2, 0) is 6.42 Å². The van der Waals surface area contributed by atoms with Gasteiger partial charge in [0.25, 0.3) is 5.91 Å². The zero-order valence-electron chi connectivity index (χ0n) is 15.0. The molecular weight excluding hydrogens is 344 g/mol. The number of imidazole rings is 1. The molecule has 1 aromatic carbocycles. The number of carbonyl (C=O) groups is 1. The Labute approximate surface area is 155 Å². The molecule has 4 heterocycles. The summed E-state index contributed by atoms with van der Waals surface area (Å²) in [5, 5.41) is 1.01. The van der Waals surface area contributed by atoms with Gasteiger partial charge in [0.1, 0.15) is 17.4 Å². The summed E-state index contributed by atoms with van der Waals surface area (Å²) in [6, 6.07) is 7.60. The highest BCUT2D eigenvalue weighted by atomic mass is 16.4. The second-order valence-corrected chi connectivity index (χ2v) is 6.83. The number of benzene rings is 1. The number of hydrogen-bond acceptors (Lipinski definition) is 5. The molecule has 7 nitrogen and oxygen atoms in total. The highest BCUT2D eigenvalue weighted by Gasteiger charge is 2.38. The summed E-state index contributed by atoms with van der Waals surface area (Å²) in [5.41, 5.74) is 4.30. The van der Waals surface area contributed by atoms with Crippen molar-refractivity contribution in [2.24, 2.45) is 0 Å². The van der Waals surface area contributed by atoms with Gasteiger partial charge in [-0.2, -0.15) is 0 Å². The number of hydrogen-bond donors (Lipinski definition) is 1. The van der Waals surface area contributed by atoms with Crippen molar-refractivity contribution in [2.45, 2.75) is 26.3 Å². The van der Waals surface area contributed by atoms with Crippen molar-refractivity contribution in [2.75, 3.05) is 6.54 Å². The highest BCUT2D eigenvalue weighted by Crippen LogP contribution is 2.37. The van der Waals surface area contributed by atoms with E-state index in [-0.39, 0.29) is 11.7 Å². The van der Waals surface area contributed by atoms with Crippen LogP contribution in [0.4, 0.5) is 0 Å². The van der Waals surface area contributed by atoms with Crippen LogP contribution in [0.15, 0.2) is 45.8 Å². The summed E-state index contributed by atoms with van der Waals surface area (Å²) in [4.78, 5) is 26.7. The number of oxazole rings is 1. The predicted octanol–water partition coefficient (Wildman–Crippen LogP) is 3.55. The standard InChI is InChI=1S/C20H18N4O3/c1-11-4-3-5-13-8-15(27-18(11)13)17-16-14(21-9-22-16)6-7-24(17)20(25)19-12(2)23-10-26-19/h3-5,8-10,17H,6-7H2,1-2H3,(H,21,22)/t17-/m0/s1. The Bertz CT molecular complexity index is 1150. The van der Waals surface area contributed by atoms with Crippen LogP contribution in [0.5, 0.6) is 0 Å². The van der Waals surface area contributed by atoms with Crippen molar-refractivity contribution in [1.29, 1.82) is 0 Å². The van der Waals surface area contributed by atoms with Crippen LogP contribution < -0.4 is 0 Å². The lowest BCUT2D eigenvalue weighted by Crippen LogP contribution is -2.40. The number of amides is 1. The van der Waals surface area contributed by atoms with E-state index in [1.165, 1.54) is 6.39 Å². The van der Waals surface area contributed by atoms with E-state index in [1.807, 2.05) is 31.2 Å². The fourth-order valence-electron chi connectivity index (χ4n) is 3.78. The van der Waals surface area contributed by atoms with Crippen LogP contribution in [-0.4, -0.2) is 32.3 Å². The van der Waals surface area contributed by atoms with E-state index >= 15 is 0 Å². The fraction of sp³-hybridized carbons (Fsp3) is 0.250. The molecule has 0 aliphatic carbocycles. The molecule has 4 aromatic rings. The first-order valence-electron chi connectivity index (χ1n) is 8.85. The van der Waals surface area contributed by atoms with Crippen molar-refractivity contribution in [3.8, 4) is 0 Å². The number of rotatable bonds is 2. The van der Waals surface area contributed by atoms with Gasteiger partial charge in [0.2, 0.25) is 5.76 Å². The van der Waals surface area contributed by atoms with Crippen molar-refractivity contribution in [1.82, 2.24) is 19.9 Å². The van der Waals surface area contributed by atoms with E-state index in [4.69, 9.17) is 8.83 Å². The number of aromatic amines is 1. The Morgan fingerprint density at radius 3 is 2.96 bits per heavy atom. The van der Waals surface area contributed by atoms with Crippen molar-refractivity contribution in [3.63, 3.8) is 0 Å². The number of H-pyrrole nitrogens is 1. The summed E-state index contributed by atoms with van der Waals surface area (Å²) in [6.07, 6.45) is 3.66. The first kappa shape index (κ1) is 15.9. The Morgan fingerprint density at radius 1 is 1.30 bits per heavy atom. The van der Waals surface area contributed by atoms with Crippen molar-refractivity contribution < 1.29 is 13.6 Å². The molecule has 1 N–H and O–H groups in total. The first-order chi connectivity index (χ1) is 13.1. The molecular formula is C20H18N4O3. The molecule has 7 heteroatoms. The number of aromatic nitrogens is 3. The molecule has 1 atom stereocenters. The summed E-state index contributed by atoms with van der Waals surface area (Å²) in [7, 11) is 0. The van der Waals surface area contributed by atoms with Crippen LogP contribution in [0.3, 0.4) is 0 Å². The van der Waals surface area contributed by atoms with Gasteiger partial charge >= 0.3 is 0 Å². The smallest absolute Gasteiger partial charge is 0.292 e. The first-order valence-corrected chi connectivity index (χ1v) is 8.85. The summed E-state index contributed by atoms with van der Waals surface area (Å²) < 4.78 is 11.5. The molecule has 0 fully saturated rings. The minimum Gasteiger partial charge on any atom is -0.458 e. The Hall–Kier alpha value is -3.35. The monoisotopic (exact) mass is 362 g/mol. The number of nitrogens with one attached hydrogen (secondary N) is 1. The van der Waals surface area contributed by atoms with Gasteiger partial charge < -0.3 is 18.7 Å². The Morgan fingerprint density at radius 2 is 2.19 bits per heavy atom. The Balaban J connectivity index is 1.66. The third-order valence-corrected chi connectivity index (χ3v) is 5.16. The molecule has 0 saturated heterocycles. The number of aryl methyl sites for hydroxylation is 2. The molecule has 1 aliphatic rings. The minimum absolute atomic E-state index is 0.208. The molecule has 0 radical (unpaired) electrons. The molecule has 0 spiro atoms. The highest BCUT2D eigenvalue weighted by molar-refractivity contribution is 5.93. The van der Waals surface area contributed by atoms with E-state index in [1.54, 1.807) is 18.2 Å². The summed E-state index contributed by atoms with van der Waals surface area (Å²) >= 11 is 0. The minimum atomic E-state index is -0.413. The van der Waals surface area contributed by atoms with Gasteiger partial charge in [0.05, 0.1) is 17.7 Å². The largest absolute Gasteiger partial charge is 0.458 e. The van der Waals surface area contributed by atoms with Gasteiger partial charge in [-0.15, -0.1) is 0 Å². The summed E-state index contributed by atoms with van der Waals surface area (Å²) in [6.45, 7) is 4.31. The number of furan rings is 1. The second kappa shape index (κ2) is 5.84. The van der Waals surface area contributed by atoms with Crippen molar-refractivity contribution >= 4 is 16.9 Å². The topological polar surface area (TPSA) is 88.2 Å². The molecule has 136 valence electrons. The third kappa shape index (κ3) is 2.38. The van der Waals surface area contributed by atoms with Crippen molar-refractivity contribution in [3.05, 3.63) is 71.2 Å². The number of fused-ring (bicyclic) bond motifs is 2. The molecule has 3 aromatic heterocycles. The summed E-state index contributed by atoms with van der Waals surface area (Å²) in [5.74, 6) is 0.741. The maximum absolute atomic E-state index is 13.2. The van der Waals surface area contributed by atoms with Crippen LogP contribution in [0.2, 0.25) is 0 Å². The SMILES string of the molecule is Cc1ncoc1C(=O)N1CCc2[nH]cnc2[C@@H]1c1cc2cccc(C)c2o1. The third-order valence-electron chi connectivity index (χ3n) is 5.16. The van der Waals surface area contributed by atoms with Gasteiger partial charge in [-0.1, -0.05) is 18.2 Å². The number of para-hydroxylation sites is 1. The van der Waals surface area contributed by atoms with Gasteiger partial charge in [0, 0.05) is 24.0 Å². The van der Waals surface area contributed by atoms with E-state index in [2.05, 4.69) is 15.0 Å². The van der Waals surface area contributed by atoms with Crippen LogP contribution in [0.1, 0.15) is 45.0 Å². The molecule has 0 unspecified atom stereocenters. The molecule has 0 bridgehead atoms. The van der Waals surface area contributed by atoms with E-state index < -0.39 is 6.04 Å². The maximum atomic E-state index is 13.2.